The van der Waals surface area contributed by atoms with Gasteiger partial charge in [-0.3, -0.25) is 9.59 Å². The van der Waals surface area contributed by atoms with Crippen LogP contribution in [0.5, 0.6) is 0 Å². The summed E-state index contributed by atoms with van der Waals surface area (Å²) in [7, 11) is 1.55. The number of amides is 2. The van der Waals surface area contributed by atoms with Crippen molar-refractivity contribution in [1.82, 2.24) is 15.4 Å². The fourth-order valence-electron chi connectivity index (χ4n) is 2.65. The van der Waals surface area contributed by atoms with E-state index in [1.54, 1.807) is 25.8 Å². The second-order valence-electron chi connectivity index (χ2n) is 6.04. The van der Waals surface area contributed by atoms with Crippen LogP contribution in [0.4, 0.5) is 0 Å². The first kappa shape index (κ1) is 16.5. The maximum atomic E-state index is 12.8. The molecular formula is C15H23N3O4. The van der Waals surface area contributed by atoms with Gasteiger partial charge in [0.05, 0.1) is 18.8 Å². The van der Waals surface area contributed by atoms with Crippen LogP contribution in [0, 0.1) is 6.92 Å². The summed E-state index contributed by atoms with van der Waals surface area (Å²) in [6.07, 6.45) is 0. The number of carbonyl (C=O) groups excluding carboxylic acids is 2. The fraction of sp³-hybridized carbons (Fsp3) is 0.667. The topological polar surface area (TPSA) is 84.7 Å². The predicted octanol–water partition coefficient (Wildman–Crippen LogP) is 1.08. The molecule has 0 radical (unpaired) electrons. The molecule has 2 amide bonds. The molecule has 2 rings (SSSR count). The van der Waals surface area contributed by atoms with Gasteiger partial charge in [-0.25, -0.2) is 0 Å². The average molecular weight is 309 g/mol. The van der Waals surface area contributed by atoms with Gasteiger partial charge in [0, 0.05) is 13.6 Å². The van der Waals surface area contributed by atoms with Gasteiger partial charge in [-0.05, 0) is 19.8 Å². The van der Waals surface area contributed by atoms with E-state index in [-0.39, 0.29) is 24.3 Å². The van der Waals surface area contributed by atoms with Crippen molar-refractivity contribution in [3.8, 4) is 0 Å². The molecule has 1 aromatic rings. The van der Waals surface area contributed by atoms with E-state index in [4.69, 9.17) is 9.26 Å². The van der Waals surface area contributed by atoms with Gasteiger partial charge in [0.25, 0.3) is 11.8 Å². The van der Waals surface area contributed by atoms with Crippen LogP contribution in [0.15, 0.2) is 4.52 Å². The molecule has 1 fully saturated rings. The van der Waals surface area contributed by atoms with Crippen LogP contribution >= 0.6 is 0 Å². The number of rotatable bonds is 3. The van der Waals surface area contributed by atoms with Gasteiger partial charge < -0.3 is 19.5 Å². The molecule has 0 unspecified atom stereocenters. The number of ether oxygens (including phenoxy) is 1. The molecule has 22 heavy (non-hydrogen) atoms. The number of morpholine rings is 1. The summed E-state index contributed by atoms with van der Waals surface area (Å²) in [5.41, 5.74) is 0.109. The van der Waals surface area contributed by atoms with Gasteiger partial charge in [-0.15, -0.1) is 0 Å². The average Bonchev–Trinajstić information content (AvgIpc) is 2.87. The molecule has 1 aliphatic rings. The van der Waals surface area contributed by atoms with Crippen molar-refractivity contribution >= 4 is 11.8 Å². The molecule has 2 heterocycles. The van der Waals surface area contributed by atoms with Crippen molar-refractivity contribution < 1.29 is 18.8 Å². The summed E-state index contributed by atoms with van der Waals surface area (Å²) in [6.45, 7) is 8.29. The van der Waals surface area contributed by atoms with Crippen molar-refractivity contribution in [3.63, 3.8) is 0 Å². The molecule has 0 spiro atoms. The first-order valence-electron chi connectivity index (χ1n) is 7.41. The molecule has 1 aliphatic heterocycles. The number of hydrogen-bond donors (Lipinski definition) is 1. The quantitative estimate of drug-likeness (QED) is 0.903. The fourth-order valence-corrected chi connectivity index (χ4v) is 2.65. The third kappa shape index (κ3) is 2.85. The van der Waals surface area contributed by atoms with Crippen molar-refractivity contribution in [2.75, 3.05) is 26.7 Å². The molecule has 1 N–H and O–H groups in total. The zero-order chi connectivity index (χ0) is 16.5. The number of aryl methyl sites for hydroxylation is 1. The van der Waals surface area contributed by atoms with E-state index in [0.29, 0.717) is 30.2 Å². The van der Waals surface area contributed by atoms with E-state index >= 15 is 0 Å². The third-order valence-corrected chi connectivity index (χ3v) is 3.92. The molecule has 1 aromatic heterocycles. The van der Waals surface area contributed by atoms with Crippen LogP contribution in [-0.2, 0) is 9.53 Å². The molecule has 7 heteroatoms. The highest BCUT2D eigenvalue weighted by Gasteiger charge is 2.41. The molecule has 0 aromatic carbocycles. The number of nitrogens with one attached hydrogen (secondary N) is 1. The number of aromatic nitrogens is 1. The third-order valence-electron chi connectivity index (χ3n) is 3.92. The zero-order valence-corrected chi connectivity index (χ0v) is 13.7. The Kier molecular flexibility index (Phi) is 4.55. The SMILES string of the molecule is CNC(=O)[C@@]1(C)CN(C(=O)c2c(C(C)C)noc2C)CCO1. The highest BCUT2D eigenvalue weighted by atomic mass is 16.5. The summed E-state index contributed by atoms with van der Waals surface area (Å²) >= 11 is 0. The van der Waals surface area contributed by atoms with Gasteiger partial charge in [0.2, 0.25) is 0 Å². The highest BCUT2D eigenvalue weighted by Crippen LogP contribution is 2.25. The number of carbonyl (C=O) groups is 2. The minimum absolute atomic E-state index is 0.0859. The predicted molar refractivity (Wildman–Crippen MR) is 79.7 cm³/mol. The Labute approximate surface area is 130 Å². The molecule has 1 atom stereocenters. The molecule has 122 valence electrons. The van der Waals surface area contributed by atoms with Gasteiger partial charge in [0.15, 0.2) is 5.60 Å². The summed E-state index contributed by atoms with van der Waals surface area (Å²) in [4.78, 5) is 26.5. The summed E-state index contributed by atoms with van der Waals surface area (Å²) in [6, 6.07) is 0. The second kappa shape index (κ2) is 6.08. The molecular weight excluding hydrogens is 286 g/mol. The van der Waals surface area contributed by atoms with Crippen LogP contribution in [-0.4, -0.2) is 54.2 Å². The van der Waals surface area contributed by atoms with Crippen LogP contribution in [0.25, 0.3) is 0 Å². The summed E-state index contributed by atoms with van der Waals surface area (Å²) < 4.78 is 10.8. The lowest BCUT2D eigenvalue weighted by molar-refractivity contribution is -0.153. The largest absolute Gasteiger partial charge is 0.362 e. The number of nitrogens with zero attached hydrogens (tertiary/aromatic N) is 2. The Hall–Kier alpha value is -1.89. The standard InChI is InChI=1S/C15H23N3O4/c1-9(2)12-11(10(3)22-17-12)13(19)18-6-7-21-15(4,8-18)14(20)16-5/h9H,6-8H2,1-5H3,(H,16,20)/t15-/m1/s1. The Morgan fingerprint density at radius 2 is 2.09 bits per heavy atom. The Balaban J connectivity index is 2.27. The van der Waals surface area contributed by atoms with Crippen molar-refractivity contribution in [2.24, 2.45) is 0 Å². The molecule has 0 aliphatic carbocycles. The first-order chi connectivity index (χ1) is 10.3. The lowest BCUT2D eigenvalue weighted by atomic mass is 10.00. The van der Waals surface area contributed by atoms with Crippen LogP contribution in [0.2, 0.25) is 0 Å². The first-order valence-corrected chi connectivity index (χ1v) is 7.41. The highest BCUT2D eigenvalue weighted by molar-refractivity contribution is 5.97. The molecule has 1 saturated heterocycles. The normalized spacial score (nSPS) is 22.0. The van der Waals surface area contributed by atoms with E-state index in [9.17, 15) is 9.59 Å². The molecule has 0 saturated carbocycles. The van der Waals surface area contributed by atoms with Crippen molar-refractivity contribution in [3.05, 3.63) is 17.0 Å². The van der Waals surface area contributed by atoms with Gasteiger partial charge in [0.1, 0.15) is 11.3 Å². The van der Waals surface area contributed by atoms with Crippen LogP contribution in [0.3, 0.4) is 0 Å². The Morgan fingerprint density at radius 1 is 1.41 bits per heavy atom. The zero-order valence-electron chi connectivity index (χ0n) is 13.7. The van der Waals surface area contributed by atoms with E-state index in [2.05, 4.69) is 10.5 Å². The van der Waals surface area contributed by atoms with Gasteiger partial charge in [-0.1, -0.05) is 19.0 Å². The Bertz CT molecular complexity index is 581. The van der Waals surface area contributed by atoms with Crippen LogP contribution < -0.4 is 5.32 Å². The van der Waals surface area contributed by atoms with Crippen LogP contribution in [0.1, 0.15) is 48.5 Å². The second-order valence-corrected chi connectivity index (χ2v) is 6.04. The van der Waals surface area contributed by atoms with E-state index < -0.39 is 5.60 Å². The lowest BCUT2D eigenvalue weighted by Crippen LogP contribution is -2.58. The van der Waals surface area contributed by atoms with Crippen molar-refractivity contribution in [1.29, 1.82) is 0 Å². The molecule has 7 nitrogen and oxygen atoms in total. The van der Waals surface area contributed by atoms with E-state index in [1.165, 1.54) is 0 Å². The molecule has 0 bridgehead atoms. The number of likely N-dealkylation sites (N-methyl/N-ethyl adjacent to an activating group) is 1. The maximum Gasteiger partial charge on any atom is 0.259 e. The number of hydrogen-bond acceptors (Lipinski definition) is 5. The minimum atomic E-state index is -1.04. The lowest BCUT2D eigenvalue weighted by Gasteiger charge is -2.39. The van der Waals surface area contributed by atoms with Crippen molar-refractivity contribution in [2.45, 2.75) is 39.2 Å². The monoisotopic (exact) mass is 309 g/mol. The smallest absolute Gasteiger partial charge is 0.259 e. The summed E-state index contributed by atoms with van der Waals surface area (Å²) in [5, 5.41) is 6.56. The van der Waals surface area contributed by atoms with Gasteiger partial charge >= 0.3 is 0 Å². The maximum absolute atomic E-state index is 12.8. The Morgan fingerprint density at radius 3 is 2.68 bits per heavy atom. The van der Waals surface area contributed by atoms with E-state index in [1.807, 2.05) is 13.8 Å². The van der Waals surface area contributed by atoms with Gasteiger partial charge in [-0.2, -0.15) is 0 Å². The van der Waals surface area contributed by atoms with E-state index in [0.717, 1.165) is 0 Å². The minimum Gasteiger partial charge on any atom is -0.362 e. The summed E-state index contributed by atoms with van der Waals surface area (Å²) in [5.74, 6) is 0.182.